The third kappa shape index (κ3) is 2.77. The maximum Gasteiger partial charge on any atom is 0.241 e. The van der Waals surface area contributed by atoms with Crippen molar-refractivity contribution in [3.8, 4) is 0 Å². The van der Waals surface area contributed by atoms with Gasteiger partial charge in [-0.2, -0.15) is 0 Å². The van der Waals surface area contributed by atoms with E-state index >= 15 is 0 Å². The van der Waals surface area contributed by atoms with Gasteiger partial charge in [-0.05, 0) is 44.5 Å². The van der Waals surface area contributed by atoms with Crippen LogP contribution in [0.2, 0.25) is 0 Å². The number of aromatic nitrogens is 1. The van der Waals surface area contributed by atoms with Crippen molar-refractivity contribution in [3.63, 3.8) is 0 Å². The molecule has 2 aromatic rings. The number of nitrogens with zero attached hydrogens (tertiary/aromatic N) is 1. The minimum atomic E-state index is -0.0485. The number of carbonyl (C=O) groups excluding carboxylic acids is 1. The number of hydrogen-bond donors (Lipinski definition) is 2. The molecule has 1 amide bonds. The van der Waals surface area contributed by atoms with Crippen LogP contribution in [0.4, 0.5) is 5.69 Å². The number of rotatable bonds is 2. The van der Waals surface area contributed by atoms with E-state index in [1.807, 2.05) is 25.1 Å². The summed E-state index contributed by atoms with van der Waals surface area (Å²) in [5.74, 6) is 0.0697. The van der Waals surface area contributed by atoms with Crippen LogP contribution in [-0.2, 0) is 4.79 Å². The highest BCUT2D eigenvalue weighted by atomic mass is 32.1. The molecule has 1 aromatic heterocycles. The largest absolute Gasteiger partial charge is 0.325 e. The van der Waals surface area contributed by atoms with Gasteiger partial charge in [-0.15, -0.1) is 11.3 Å². The number of hydrogen-bond acceptors (Lipinski definition) is 4. The molecular weight excluding hydrogens is 258 g/mol. The molecule has 0 unspecified atom stereocenters. The smallest absolute Gasteiger partial charge is 0.241 e. The molecule has 0 aliphatic carbocycles. The fourth-order valence-electron chi connectivity index (χ4n) is 2.42. The summed E-state index contributed by atoms with van der Waals surface area (Å²) in [5, 5.41) is 7.30. The van der Waals surface area contributed by atoms with Gasteiger partial charge in [0, 0.05) is 5.69 Å². The molecule has 0 spiro atoms. The molecule has 1 aromatic carbocycles. The second kappa shape index (κ2) is 5.27. The van der Waals surface area contributed by atoms with Gasteiger partial charge in [0.1, 0.15) is 0 Å². The quantitative estimate of drug-likeness (QED) is 0.886. The molecule has 3 rings (SSSR count). The topological polar surface area (TPSA) is 54.0 Å². The van der Waals surface area contributed by atoms with Crippen LogP contribution >= 0.6 is 11.3 Å². The zero-order valence-electron chi connectivity index (χ0n) is 10.9. The third-order valence-corrected chi connectivity index (χ3v) is 4.32. The van der Waals surface area contributed by atoms with Gasteiger partial charge in [-0.1, -0.05) is 6.42 Å². The molecule has 1 fully saturated rings. The second-order valence-electron chi connectivity index (χ2n) is 4.91. The lowest BCUT2D eigenvalue weighted by molar-refractivity contribution is -0.118. The van der Waals surface area contributed by atoms with Crippen LogP contribution in [0.3, 0.4) is 0 Å². The molecule has 0 bridgehead atoms. The lowest BCUT2D eigenvalue weighted by Crippen LogP contribution is -2.43. The number of anilines is 1. The number of aryl methyl sites for hydroxylation is 1. The number of amides is 1. The Morgan fingerprint density at radius 2 is 2.37 bits per heavy atom. The van der Waals surface area contributed by atoms with E-state index in [1.165, 1.54) is 0 Å². The maximum atomic E-state index is 12.1. The van der Waals surface area contributed by atoms with Crippen LogP contribution < -0.4 is 10.6 Å². The Labute approximate surface area is 116 Å². The molecule has 4 nitrogen and oxygen atoms in total. The fourth-order valence-corrected chi connectivity index (χ4v) is 3.29. The molecule has 1 aliphatic heterocycles. The van der Waals surface area contributed by atoms with Crippen molar-refractivity contribution < 1.29 is 4.79 Å². The number of carbonyl (C=O) groups is 1. The van der Waals surface area contributed by atoms with Crippen molar-refractivity contribution in [2.45, 2.75) is 32.2 Å². The van der Waals surface area contributed by atoms with Crippen LogP contribution in [0, 0.1) is 6.92 Å². The minimum Gasteiger partial charge on any atom is -0.325 e. The first-order valence-electron chi connectivity index (χ1n) is 6.64. The van der Waals surface area contributed by atoms with Crippen molar-refractivity contribution >= 4 is 33.1 Å². The monoisotopic (exact) mass is 275 g/mol. The summed E-state index contributed by atoms with van der Waals surface area (Å²) >= 11 is 1.65. The first-order valence-corrected chi connectivity index (χ1v) is 7.45. The standard InChI is InChI=1S/C14H17N3OS/c1-9-16-11-6-5-10(8-13(11)19-9)17-14(18)12-4-2-3-7-15-12/h5-6,8,12,15H,2-4,7H2,1H3,(H,17,18)/t12-/m0/s1. The molecule has 100 valence electrons. The van der Waals surface area contributed by atoms with E-state index in [1.54, 1.807) is 11.3 Å². The molecule has 1 aliphatic rings. The van der Waals surface area contributed by atoms with E-state index in [4.69, 9.17) is 0 Å². The van der Waals surface area contributed by atoms with Crippen LogP contribution in [0.15, 0.2) is 18.2 Å². The normalized spacial score (nSPS) is 19.5. The average Bonchev–Trinajstić information content (AvgIpc) is 2.79. The fraction of sp³-hybridized carbons (Fsp3) is 0.429. The first-order chi connectivity index (χ1) is 9.22. The number of thiazole rings is 1. The average molecular weight is 275 g/mol. The van der Waals surface area contributed by atoms with Gasteiger partial charge < -0.3 is 10.6 Å². The molecule has 0 radical (unpaired) electrons. The van der Waals surface area contributed by atoms with Crippen LogP contribution in [-0.4, -0.2) is 23.5 Å². The van der Waals surface area contributed by atoms with Gasteiger partial charge in [0.2, 0.25) is 5.91 Å². The number of fused-ring (bicyclic) bond motifs is 1. The van der Waals surface area contributed by atoms with E-state index < -0.39 is 0 Å². The van der Waals surface area contributed by atoms with Crippen molar-refractivity contribution in [2.24, 2.45) is 0 Å². The number of benzene rings is 1. The third-order valence-electron chi connectivity index (χ3n) is 3.39. The van der Waals surface area contributed by atoms with E-state index in [2.05, 4.69) is 15.6 Å². The van der Waals surface area contributed by atoms with Gasteiger partial charge in [0.05, 0.1) is 21.3 Å². The van der Waals surface area contributed by atoms with Crippen LogP contribution in [0.25, 0.3) is 10.2 Å². The molecule has 5 heteroatoms. The van der Waals surface area contributed by atoms with Gasteiger partial charge >= 0.3 is 0 Å². The maximum absolute atomic E-state index is 12.1. The first kappa shape index (κ1) is 12.6. The Balaban J connectivity index is 1.74. The van der Waals surface area contributed by atoms with E-state index in [0.717, 1.165) is 46.7 Å². The molecule has 0 saturated carbocycles. The summed E-state index contributed by atoms with van der Waals surface area (Å²) < 4.78 is 1.12. The van der Waals surface area contributed by atoms with Crippen molar-refractivity contribution in [3.05, 3.63) is 23.2 Å². The van der Waals surface area contributed by atoms with Gasteiger partial charge in [0.15, 0.2) is 0 Å². The van der Waals surface area contributed by atoms with E-state index in [-0.39, 0.29) is 11.9 Å². The van der Waals surface area contributed by atoms with Crippen LogP contribution in [0.5, 0.6) is 0 Å². The highest BCUT2D eigenvalue weighted by molar-refractivity contribution is 7.18. The van der Waals surface area contributed by atoms with Gasteiger partial charge in [0.25, 0.3) is 0 Å². The van der Waals surface area contributed by atoms with Crippen molar-refractivity contribution in [2.75, 3.05) is 11.9 Å². The summed E-state index contributed by atoms with van der Waals surface area (Å²) in [5.41, 5.74) is 1.85. The summed E-state index contributed by atoms with van der Waals surface area (Å²) in [4.78, 5) is 16.5. The summed E-state index contributed by atoms with van der Waals surface area (Å²) in [6, 6.07) is 5.83. The summed E-state index contributed by atoms with van der Waals surface area (Å²) in [7, 11) is 0. The Morgan fingerprint density at radius 3 is 3.16 bits per heavy atom. The Hall–Kier alpha value is -1.46. The highest BCUT2D eigenvalue weighted by Crippen LogP contribution is 2.25. The lowest BCUT2D eigenvalue weighted by Gasteiger charge is -2.22. The molecule has 2 N–H and O–H groups in total. The van der Waals surface area contributed by atoms with E-state index in [0.29, 0.717) is 0 Å². The van der Waals surface area contributed by atoms with E-state index in [9.17, 15) is 4.79 Å². The van der Waals surface area contributed by atoms with Gasteiger partial charge in [-0.3, -0.25) is 4.79 Å². The molecular formula is C14H17N3OS. The second-order valence-corrected chi connectivity index (χ2v) is 6.14. The summed E-state index contributed by atoms with van der Waals surface area (Å²) in [6.07, 6.45) is 3.21. The number of piperidine rings is 1. The Morgan fingerprint density at radius 1 is 1.47 bits per heavy atom. The molecule has 1 saturated heterocycles. The van der Waals surface area contributed by atoms with Crippen molar-refractivity contribution in [1.82, 2.24) is 10.3 Å². The minimum absolute atomic E-state index is 0.0485. The molecule has 19 heavy (non-hydrogen) atoms. The number of nitrogens with one attached hydrogen (secondary N) is 2. The van der Waals surface area contributed by atoms with Gasteiger partial charge in [-0.25, -0.2) is 4.98 Å². The highest BCUT2D eigenvalue weighted by Gasteiger charge is 2.20. The predicted molar refractivity (Wildman–Crippen MR) is 78.6 cm³/mol. The zero-order chi connectivity index (χ0) is 13.2. The lowest BCUT2D eigenvalue weighted by atomic mass is 10.0. The van der Waals surface area contributed by atoms with Crippen molar-refractivity contribution in [1.29, 1.82) is 0 Å². The van der Waals surface area contributed by atoms with Crippen LogP contribution in [0.1, 0.15) is 24.3 Å². The Bertz CT molecular complexity index is 602. The summed E-state index contributed by atoms with van der Waals surface area (Å²) in [6.45, 7) is 2.93. The molecule has 1 atom stereocenters. The molecule has 2 heterocycles. The predicted octanol–water partition coefficient (Wildman–Crippen LogP) is 2.69. The Kier molecular flexibility index (Phi) is 3.48. The SMILES string of the molecule is Cc1nc2ccc(NC(=O)[C@@H]3CCCCN3)cc2s1. The zero-order valence-corrected chi connectivity index (χ0v) is 11.7.